The second-order valence-corrected chi connectivity index (χ2v) is 12.8. The highest BCUT2D eigenvalue weighted by Gasteiger charge is 2.29. The molecule has 2 aromatic carbocycles. The molecule has 0 amide bonds. The number of halogens is 1. The zero-order valence-electron chi connectivity index (χ0n) is 19.0. The van der Waals surface area contributed by atoms with Gasteiger partial charge in [-0.25, -0.2) is 31.0 Å². The van der Waals surface area contributed by atoms with Gasteiger partial charge in [0.25, 0.3) is 10.0 Å². The van der Waals surface area contributed by atoms with Crippen LogP contribution >= 0.6 is 11.5 Å². The van der Waals surface area contributed by atoms with E-state index in [0.29, 0.717) is 18.5 Å². The number of fused-ring (bicyclic) bond motifs is 2. The molecule has 1 atom stereocenters. The number of aromatic nitrogens is 3. The summed E-state index contributed by atoms with van der Waals surface area (Å²) in [6.07, 6.45) is 2.81. The number of nitrogens with one attached hydrogen (secondary N) is 1. The van der Waals surface area contributed by atoms with E-state index in [-0.39, 0.29) is 22.8 Å². The molecule has 4 aromatic rings. The van der Waals surface area contributed by atoms with Crippen LogP contribution in [0.1, 0.15) is 29.7 Å². The summed E-state index contributed by atoms with van der Waals surface area (Å²) in [5, 5.41) is -0.0425. The summed E-state index contributed by atoms with van der Waals surface area (Å²) in [6.45, 7) is 2.21. The van der Waals surface area contributed by atoms with Gasteiger partial charge in [0.1, 0.15) is 17.0 Å². The molecule has 190 valence electrons. The molecular weight excluding hydrogens is 533 g/mol. The molecule has 1 aliphatic heterocycles. The average molecular weight is 554 g/mol. The predicted molar refractivity (Wildman–Crippen MR) is 130 cm³/mol. The lowest BCUT2D eigenvalue weighted by atomic mass is 9.92. The van der Waals surface area contributed by atoms with Crippen molar-refractivity contribution >= 4 is 47.8 Å². The normalized spacial score (nSPS) is 15.6. The monoisotopic (exact) mass is 553 g/mol. The molecule has 15 heteroatoms. The van der Waals surface area contributed by atoms with Gasteiger partial charge in [-0.15, -0.1) is 0 Å². The second-order valence-electron chi connectivity index (χ2n) is 8.35. The number of anilines is 1. The second kappa shape index (κ2) is 8.76. The Bertz CT molecular complexity index is 1750. The van der Waals surface area contributed by atoms with Gasteiger partial charge < -0.3 is 4.42 Å². The Labute approximate surface area is 209 Å². The van der Waals surface area contributed by atoms with Crippen molar-refractivity contribution in [3.05, 3.63) is 69.7 Å². The zero-order valence-corrected chi connectivity index (χ0v) is 21.5. The molecule has 0 radical (unpaired) electrons. The lowest BCUT2D eigenvalue weighted by molar-refractivity contribution is 0.390. The van der Waals surface area contributed by atoms with E-state index in [2.05, 4.69) is 14.1 Å². The van der Waals surface area contributed by atoms with E-state index in [1.165, 1.54) is 8.87 Å². The van der Waals surface area contributed by atoms with Crippen LogP contribution in [0.4, 0.5) is 9.52 Å². The van der Waals surface area contributed by atoms with Crippen LogP contribution in [0.2, 0.25) is 0 Å². The highest BCUT2D eigenvalue weighted by molar-refractivity contribution is 7.93. The number of hydrogen-bond acceptors (Lipinski definition) is 9. The summed E-state index contributed by atoms with van der Waals surface area (Å²) in [6, 6.07) is 6.73. The van der Waals surface area contributed by atoms with E-state index in [0.717, 1.165) is 47.4 Å². The van der Waals surface area contributed by atoms with Gasteiger partial charge in [-0.1, -0.05) is 18.2 Å². The zero-order chi connectivity index (χ0) is 25.8. The minimum Gasteiger partial charge on any atom is -0.408 e. The van der Waals surface area contributed by atoms with Crippen LogP contribution in [0.25, 0.3) is 11.1 Å². The van der Waals surface area contributed by atoms with Crippen LogP contribution in [0.5, 0.6) is 0 Å². The summed E-state index contributed by atoms with van der Waals surface area (Å²) in [5.41, 5.74) is 2.36. The molecule has 0 spiro atoms. The van der Waals surface area contributed by atoms with Crippen LogP contribution in [0, 0.1) is 5.82 Å². The van der Waals surface area contributed by atoms with Crippen molar-refractivity contribution in [3.63, 3.8) is 0 Å². The van der Waals surface area contributed by atoms with E-state index in [9.17, 15) is 21.6 Å². The Hall–Kier alpha value is -3.14. The van der Waals surface area contributed by atoms with Gasteiger partial charge >= 0.3 is 5.76 Å². The third-order valence-corrected chi connectivity index (χ3v) is 9.43. The fourth-order valence-corrected chi connectivity index (χ4v) is 6.92. The maximum Gasteiger partial charge on any atom is 0.420 e. The van der Waals surface area contributed by atoms with Gasteiger partial charge in [0, 0.05) is 36.8 Å². The number of benzene rings is 2. The van der Waals surface area contributed by atoms with E-state index < -0.39 is 42.6 Å². The third kappa shape index (κ3) is 4.31. The molecule has 1 N–H and O–H groups in total. The third-order valence-electron chi connectivity index (χ3n) is 6.12. The van der Waals surface area contributed by atoms with Gasteiger partial charge in [0.05, 0.1) is 17.8 Å². The number of nitrogens with zero attached hydrogens (tertiary/aromatic N) is 4. The summed E-state index contributed by atoms with van der Waals surface area (Å²) in [4.78, 5) is 15.9. The van der Waals surface area contributed by atoms with E-state index in [4.69, 9.17) is 4.42 Å². The van der Waals surface area contributed by atoms with Crippen molar-refractivity contribution in [1.82, 2.24) is 18.2 Å². The van der Waals surface area contributed by atoms with E-state index >= 15 is 4.39 Å². The highest BCUT2D eigenvalue weighted by atomic mass is 32.2. The first kappa shape index (κ1) is 24.5. The molecule has 0 aliphatic carbocycles. The lowest BCUT2D eigenvalue weighted by Gasteiger charge is -2.30. The molecule has 0 saturated heterocycles. The number of oxazole rings is 1. The van der Waals surface area contributed by atoms with Crippen LogP contribution in [-0.4, -0.2) is 47.9 Å². The van der Waals surface area contributed by atoms with Crippen molar-refractivity contribution in [2.75, 3.05) is 17.5 Å². The first-order valence-corrected chi connectivity index (χ1v) is 14.8. The van der Waals surface area contributed by atoms with Gasteiger partial charge in [0.2, 0.25) is 15.2 Å². The van der Waals surface area contributed by atoms with Crippen molar-refractivity contribution in [1.29, 1.82) is 0 Å². The van der Waals surface area contributed by atoms with Crippen molar-refractivity contribution in [2.24, 2.45) is 0 Å². The molecule has 5 rings (SSSR count). The fraction of sp³-hybridized carbons (Fsp3) is 0.286. The summed E-state index contributed by atoms with van der Waals surface area (Å²) >= 11 is 0.782. The molecule has 36 heavy (non-hydrogen) atoms. The van der Waals surface area contributed by atoms with Crippen molar-refractivity contribution in [2.45, 2.75) is 30.8 Å². The topological polar surface area (TPSA) is 144 Å². The number of sulfonamides is 2. The largest absolute Gasteiger partial charge is 0.420 e. The maximum atomic E-state index is 15.1. The SMILES string of the molecule is C[C@H](c1cccc2c1CN(S(C)(=O)=O)CC2)n1c(=O)oc2cc(S(=O)(=O)Nc3ncns3)c(F)cc21. The van der Waals surface area contributed by atoms with E-state index in [1.807, 2.05) is 12.1 Å². The molecule has 3 heterocycles. The van der Waals surface area contributed by atoms with Crippen LogP contribution in [-0.2, 0) is 33.0 Å². The first-order chi connectivity index (χ1) is 17.0. The predicted octanol–water partition coefficient (Wildman–Crippen LogP) is 2.31. The van der Waals surface area contributed by atoms with Gasteiger partial charge in [-0.3, -0.25) is 9.29 Å². The Morgan fingerprint density at radius 3 is 2.69 bits per heavy atom. The standard InChI is InChI=1S/C21H20FN5O6S3/c1-12(14-5-3-4-13-6-7-26(10-15(13)14)35(2,29)30)27-17-8-16(22)19(9-18(17)33-21(27)28)36(31,32)25-20-23-11-24-34-20/h3-5,8-9,11-12H,6-7,10H2,1-2H3,(H,23,24,25)/t12-/m1/s1. The lowest BCUT2D eigenvalue weighted by Crippen LogP contribution is -2.36. The van der Waals surface area contributed by atoms with Crippen molar-refractivity contribution in [3.8, 4) is 0 Å². The number of hydrogen-bond donors (Lipinski definition) is 1. The minimum absolute atomic E-state index is 0.0425. The Morgan fingerprint density at radius 1 is 1.22 bits per heavy atom. The molecule has 0 saturated carbocycles. The summed E-state index contributed by atoms with van der Waals surface area (Å²) < 4.78 is 78.5. The highest BCUT2D eigenvalue weighted by Crippen LogP contribution is 2.32. The van der Waals surface area contributed by atoms with Gasteiger partial charge in [-0.05, 0) is 30.0 Å². The van der Waals surface area contributed by atoms with E-state index in [1.54, 1.807) is 13.0 Å². The summed E-state index contributed by atoms with van der Waals surface area (Å²) in [5.74, 6) is -1.89. The molecule has 0 bridgehead atoms. The maximum absolute atomic E-state index is 15.1. The Morgan fingerprint density at radius 2 is 2.00 bits per heavy atom. The minimum atomic E-state index is -4.36. The van der Waals surface area contributed by atoms with Gasteiger partial charge in [-0.2, -0.15) is 8.68 Å². The Balaban J connectivity index is 1.58. The smallest absolute Gasteiger partial charge is 0.408 e. The summed E-state index contributed by atoms with van der Waals surface area (Å²) in [7, 11) is -7.79. The molecule has 11 nitrogen and oxygen atoms in total. The quantitative estimate of drug-likeness (QED) is 0.383. The molecular formula is C21H20FN5O6S3. The van der Waals surface area contributed by atoms with Crippen LogP contribution in [0.3, 0.4) is 0 Å². The molecule has 2 aromatic heterocycles. The van der Waals surface area contributed by atoms with Crippen LogP contribution in [0.15, 0.2) is 50.8 Å². The van der Waals surface area contributed by atoms with Gasteiger partial charge in [0.15, 0.2) is 5.58 Å². The molecule has 0 unspecified atom stereocenters. The fourth-order valence-electron chi connectivity index (χ4n) is 4.39. The van der Waals surface area contributed by atoms with Crippen LogP contribution < -0.4 is 10.5 Å². The molecule has 0 fully saturated rings. The first-order valence-electron chi connectivity index (χ1n) is 10.7. The Kier molecular flexibility index (Phi) is 5.97. The molecule has 1 aliphatic rings. The number of rotatable bonds is 6. The average Bonchev–Trinajstić information content (AvgIpc) is 3.42. The van der Waals surface area contributed by atoms with Crippen molar-refractivity contribution < 1.29 is 25.6 Å².